The Balaban J connectivity index is 1.37. The summed E-state index contributed by atoms with van der Waals surface area (Å²) >= 11 is 0. The highest BCUT2D eigenvalue weighted by molar-refractivity contribution is 5.96. The number of nitrogens with one attached hydrogen (secondary N) is 3. The van der Waals surface area contributed by atoms with Gasteiger partial charge in [-0.05, 0) is 64.7 Å². The second kappa shape index (κ2) is 14.7. The van der Waals surface area contributed by atoms with E-state index >= 15 is 0 Å². The number of carbonyl (C=O) groups excluding carboxylic acids is 1. The van der Waals surface area contributed by atoms with Crippen LogP contribution in [0.1, 0.15) is 21.5 Å². The van der Waals surface area contributed by atoms with Crippen molar-refractivity contribution in [3.63, 3.8) is 0 Å². The second-order valence-corrected chi connectivity index (χ2v) is 11.0. The number of ether oxygens (including phenoxy) is 3. The van der Waals surface area contributed by atoms with Crippen LogP contribution in [-0.4, -0.2) is 59.5 Å². The van der Waals surface area contributed by atoms with Crippen molar-refractivity contribution in [2.24, 2.45) is 0 Å². The third-order valence-corrected chi connectivity index (χ3v) is 7.96. The van der Waals surface area contributed by atoms with Crippen LogP contribution < -0.4 is 30.2 Å². The fourth-order valence-electron chi connectivity index (χ4n) is 5.73. The van der Waals surface area contributed by atoms with E-state index in [2.05, 4.69) is 88.7 Å². The number of hydrogen-bond acceptors (Lipinski definition) is 6. The minimum absolute atomic E-state index is 0.165. The fraction of sp³-hybridized carbons (Fsp3) is 0.270. The number of benzene rings is 5. The summed E-state index contributed by atoms with van der Waals surface area (Å²) in [5.41, 5.74) is 2.86. The Kier molecular flexibility index (Phi) is 10.3. The van der Waals surface area contributed by atoms with Gasteiger partial charge in [0.15, 0.2) is 11.5 Å². The third-order valence-electron chi connectivity index (χ3n) is 7.96. The molecule has 0 saturated heterocycles. The summed E-state index contributed by atoms with van der Waals surface area (Å²) in [5.74, 6) is 1.11. The molecule has 5 aromatic rings. The maximum Gasteiger partial charge on any atom is 0.251 e. The fourth-order valence-corrected chi connectivity index (χ4v) is 5.73. The van der Waals surface area contributed by atoms with Crippen molar-refractivity contribution in [1.29, 1.82) is 0 Å². The number of rotatable bonds is 14. The lowest BCUT2D eigenvalue weighted by atomic mass is 9.99. The lowest BCUT2D eigenvalue weighted by Gasteiger charge is -2.25. The van der Waals surface area contributed by atoms with Crippen LogP contribution in [0.15, 0.2) is 97.1 Å². The quantitative estimate of drug-likeness (QED) is 0.152. The zero-order valence-electron chi connectivity index (χ0n) is 25.9. The Hall–Kier alpha value is -4.59. The number of methoxy groups -OCH3 is 3. The summed E-state index contributed by atoms with van der Waals surface area (Å²) in [4.78, 5) is 13.7. The summed E-state index contributed by atoms with van der Waals surface area (Å²) in [6.07, 6.45) is 1.52. The van der Waals surface area contributed by atoms with Gasteiger partial charge in [0.2, 0.25) is 5.75 Å². The maximum absolute atomic E-state index is 13.7. The molecule has 5 rings (SSSR count). The summed E-state index contributed by atoms with van der Waals surface area (Å²) < 4.78 is 16.4. The predicted molar refractivity (Wildman–Crippen MR) is 178 cm³/mol. The van der Waals surface area contributed by atoms with Gasteiger partial charge in [-0.2, -0.15) is 0 Å². The van der Waals surface area contributed by atoms with Crippen LogP contribution in [0.5, 0.6) is 17.2 Å². The van der Waals surface area contributed by atoms with Crippen molar-refractivity contribution in [2.45, 2.75) is 24.9 Å². The molecule has 0 aromatic heterocycles. The standard InChI is InChI=1S/C37H41N3O4/c1-38-23-32(19-25-13-15-27-9-5-7-11-29(27)17-25)39-24-33(20-26-14-16-28-10-6-8-12-30(28)18-26)40-37(41)31-21-34(42-2)36(44-4)35(22-31)43-3/h5-18,21-22,32-33,38-39H,19-20,23-24H2,1-4H3,(H,40,41)/t32-,33+/m0/s1. The highest BCUT2D eigenvalue weighted by Gasteiger charge is 2.21. The van der Waals surface area contributed by atoms with E-state index in [9.17, 15) is 4.79 Å². The molecule has 3 N–H and O–H groups in total. The summed E-state index contributed by atoms with van der Waals surface area (Å²) in [6.45, 7) is 1.37. The lowest BCUT2D eigenvalue weighted by molar-refractivity contribution is 0.0934. The molecule has 0 radical (unpaired) electrons. The van der Waals surface area contributed by atoms with Crippen molar-refractivity contribution in [2.75, 3.05) is 41.5 Å². The number of fused-ring (bicyclic) bond motifs is 2. The van der Waals surface area contributed by atoms with E-state index in [4.69, 9.17) is 14.2 Å². The zero-order valence-corrected chi connectivity index (χ0v) is 25.9. The largest absolute Gasteiger partial charge is 0.493 e. The van der Waals surface area contributed by atoms with Crippen LogP contribution in [0, 0.1) is 0 Å². The van der Waals surface area contributed by atoms with Gasteiger partial charge in [-0.3, -0.25) is 4.79 Å². The van der Waals surface area contributed by atoms with Gasteiger partial charge in [0, 0.05) is 30.7 Å². The SMILES string of the molecule is CNC[C@H](Cc1ccc2ccccc2c1)NC[C@@H](Cc1ccc2ccccc2c1)NC(=O)c1cc(OC)c(OC)c(OC)c1. The molecule has 0 spiro atoms. The first-order chi connectivity index (χ1) is 21.5. The summed E-state index contributed by atoms with van der Waals surface area (Å²) in [6, 6.07) is 33.2. The van der Waals surface area contributed by atoms with Crippen LogP contribution >= 0.6 is 0 Å². The number of amides is 1. The lowest BCUT2D eigenvalue weighted by Crippen LogP contribution is -2.48. The first-order valence-corrected chi connectivity index (χ1v) is 15.0. The zero-order chi connectivity index (χ0) is 30.9. The minimum Gasteiger partial charge on any atom is -0.493 e. The smallest absolute Gasteiger partial charge is 0.251 e. The average Bonchev–Trinajstić information content (AvgIpc) is 3.06. The van der Waals surface area contributed by atoms with E-state index in [1.165, 1.54) is 27.1 Å². The van der Waals surface area contributed by atoms with E-state index in [1.54, 1.807) is 33.5 Å². The van der Waals surface area contributed by atoms with Crippen molar-refractivity contribution >= 4 is 27.5 Å². The normalized spacial score (nSPS) is 12.5. The van der Waals surface area contributed by atoms with Gasteiger partial charge in [-0.25, -0.2) is 0 Å². The molecule has 2 atom stereocenters. The number of likely N-dealkylation sites (N-methyl/N-ethyl adjacent to an activating group) is 1. The second-order valence-electron chi connectivity index (χ2n) is 11.0. The Morgan fingerprint density at radius 2 is 1.16 bits per heavy atom. The molecule has 7 heteroatoms. The van der Waals surface area contributed by atoms with Gasteiger partial charge in [-0.15, -0.1) is 0 Å². The van der Waals surface area contributed by atoms with Crippen molar-refractivity contribution in [3.05, 3.63) is 114 Å². The molecular weight excluding hydrogens is 550 g/mol. The Labute approximate surface area is 259 Å². The van der Waals surface area contributed by atoms with Crippen molar-refractivity contribution in [1.82, 2.24) is 16.0 Å². The first-order valence-electron chi connectivity index (χ1n) is 15.0. The van der Waals surface area contributed by atoms with Crippen molar-refractivity contribution < 1.29 is 19.0 Å². The maximum atomic E-state index is 13.7. The van der Waals surface area contributed by atoms with Gasteiger partial charge in [-0.1, -0.05) is 84.9 Å². The number of carbonyl (C=O) groups is 1. The van der Waals surface area contributed by atoms with E-state index in [1.807, 2.05) is 19.2 Å². The topological polar surface area (TPSA) is 80.9 Å². The van der Waals surface area contributed by atoms with Crippen LogP contribution in [0.2, 0.25) is 0 Å². The molecular formula is C37H41N3O4. The van der Waals surface area contributed by atoms with E-state index in [-0.39, 0.29) is 18.0 Å². The van der Waals surface area contributed by atoms with Crippen LogP contribution in [0.3, 0.4) is 0 Å². The molecule has 0 saturated carbocycles. The van der Waals surface area contributed by atoms with Crippen LogP contribution in [0.25, 0.3) is 21.5 Å². The molecule has 0 aliphatic carbocycles. The molecule has 44 heavy (non-hydrogen) atoms. The molecule has 1 amide bonds. The highest BCUT2D eigenvalue weighted by atomic mass is 16.5. The van der Waals surface area contributed by atoms with E-state index in [0.29, 0.717) is 35.8 Å². The average molecular weight is 592 g/mol. The highest BCUT2D eigenvalue weighted by Crippen LogP contribution is 2.38. The van der Waals surface area contributed by atoms with Gasteiger partial charge in [0.05, 0.1) is 21.3 Å². The first kappa shape index (κ1) is 30.9. The van der Waals surface area contributed by atoms with E-state index in [0.717, 1.165) is 18.5 Å². The van der Waals surface area contributed by atoms with E-state index < -0.39 is 0 Å². The monoisotopic (exact) mass is 591 g/mol. The molecule has 5 aromatic carbocycles. The van der Waals surface area contributed by atoms with Crippen LogP contribution in [0.4, 0.5) is 0 Å². The Bertz CT molecular complexity index is 1700. The molecule has 0 aliphatic heterocycles. The molecule has 0 aliphatic rings. The van der Waals surface area contributed by atoms with Gasteiger partial charge >= 0.3 is 0 Å². The molecule has 228 valence electrons. The van der Waals surface area contributed by atoms with Crippen LogP contribution in [-0.2, 0) is 12.8 Å². The Morgan fingerprint density at radius 1 is 0.636 bits per heavy atom. The molecule has 0 fully saturated rings. The predicted octanol–water partition coefficient (Wildman–Crippen LogP) is 5.78. The summed E-state index contributed by atoms with van der Waals surface area (Å²) in [5, 5.41) is 15.2. The van der Waals surface area contributed by atoms with Crippen molar-refractivity contribution in [3.8, 4) is 17.2 Å². The third kappa shape index (κ3) is 7.48. The Morgan fingerprint density at radius 3 is 1.66 bits per heavy atom. The number of hydrogen-bond donors (Lipinski definition) is 3. The molecule has 0 unspecified atom stereocenters. The summed E-state index contributed by atoms with van der Waals surface area (Å²) in [7, 11) is 6.60. The van der Waals surface area contributed by atoms with Gasteiger partial charge < -0.3 is 30.2 Å². The molecule has 7 nitrogen and oxygen atoms in total. The minimum atomic E-state index is -0.212. The molecule has 0 bridgehead atoms. The van der Waals surface area contributed by atoms with Gasteiger partial charge in [0.25, 0.3) is 5.91 Å². The van der Waals surface area contributed by atoms with Gasteiger partial charge in [0.1, 0.15) is 0 Å². The molecule has 0 heterocycles.